The van der Waals surface area contributed by atoms with Gasteiger partial charge < -0.3 is 4.40 Å². The van der Waals surface area contributed by atoms with Crippen LogP contribution < -0.4 is 5.43 Å². The first kappa shape index (κ1) is 18.2. The van der Waals surface area contributed by atoms with Gasteiger partial charge in [-0.2, -0.15) is 0 Å². The minimum Gasteiger partial charge on any atom is -0.315 e. The van der Waals surface area contributed by atoms with Crippen LogP contribution in [0, 0.1) is 18.6 Å². The summed E-state index contributed by atoms with van der Waals surface area (Å²) in [4.78, 5) is 12.5. The zero-order valence-corrected chi connectivity index (χ0v) is 14.8. The molecule has 0 spiro atoms. The van der Waals surface area contributed by atoms with Gasteiger partial charge in [-0.3, -0.25) is 4.79 Å². The number of aryl methyl sites for hydroxylation is 1. The Kier molecular flexibility index (Phi) is 4.41. The van der Waals surface area contributed by atoms with E-state index in [0.29, 0.717) is 11.3 Å². The number of pyridine rings is 2. The molecule has 2 aromatic heterocycles. The van der Waals surface area contributed by atoms with Crippen molar-refractivity contribution >= 4 is 11.1 Å². The van der Waals surface area contributed by atoms with Gasteiger partial charge in [-0.05, 0) is 36.8 Å². The molecule has 1 aromatic carbocycles. The highest BCUT2D eigenvalue weighted by molar-refractivity contribution is 5.84. The summed E-state index contributed by atoms with van der Waals surface area (Å²) in [7, 11) is 0. The Morgan fingerprint density at radius 3 is 2.57 bits per heavy atom. The van der Waals surface area contributed by atoms with Gasteiger partial charge in [0.2, 0.25) is 0 Å². The first-order chi connectivity index (χ1) is 13.4. The quantitative estimate of drug-likeness (QED) is 0.532. The van der Waals surface area contributed by atoms with Gasteiger partial charge in [-0.15, -0.1) is 0 Å². The average molecular weight is 385 g/mol. The molecule has 1 atom stereocenters. The number of rotatable bonds is 2. The van der Waals surface area contributed by atoms with E-state index in [1.807, 2.05) is 0 Å². The van der Waals surface area contributed by atoms with Crippen LogP contribution in [0.5, 0.6) is 0 Å². The van der Waals surface area contributed by atoms with Crippen molar-refractivity contribution in [3.63, 3.8) is 0 Å². The average Bonchev–Trinajstić information content (AvgIpc) is 2.64. The number of halogens is 4. The van der Waals surface area contributed by atoms with Gasteiger partial charge in [0.05, 0.1) is 16.8 Å². The Bertz CT molecular complexity index is 1220. The number of benzene rings is 1. The summed E-state index contributed by atoms with van der Waals surface area (Å²) in [6.45, 7) is 1.73. The van der Waals surface area contributed by atoms with Crippen LogP contribution in [-0.2, 0) is 0 Å². The molecule has 0 bridgehead atoms. The number of alkyl halides is 1. The van der Waals surface area contributed by atoms with Crippen LogP contribution in [0.1, 0.15) is 17.5 Å². The van der Waals surface area contributed by atoms with E-state index in [-0.39, 0.29) is 28.6 Å². The molecule has 0 N–H and O–H groups in total. The summed E-state index contributed by atoms with van der Waals surface area (Å²) in [6, 6.07) is 7.60. The molecule has 4 rings (SSSR count). The van der Waals surface area contributed by atoms with Gasteiger partial charge in [0.25, 0.3) is 0 Å². The molecule has 0 amide bonds. The second-order valence-corrected chi connectivity index (χ2v) is 6.67. The Labute approximate surface area is 158 Å². The Morgan fingerprint density at radius 1 is 1.07 bits per heavy atom. The normalized spacial score (nSPS) is 16.8. The van der Waals surface area contributed by atoms with E-state index in [0.717, 1.165) is 18.2 Å². The Hall–Kier alpha value is -3.15. The predicted molar refractivity (Wildman–Crippen MR) is 100 cm³/mol. The van der Waals surface area contributed by atoms with Crippen LogP contribution in [0.15, 0.2) is 65.4 Å². The molecule has 1 unspecified atom stereocenters. The van der Waals surface area contributed by atoms with E-state index in [9.17, 15) is 22.4 Å². The fraction of sp³-hybridized carbons (Fsp3) is 0.136. The lowest BCUT2D eigenvalue weighted by Gasteiger charge is -2.20. The molecule has 1 aliphatic rings. The summed E-state index contributed by atoms with van der Waals surface area (Å²) in [6.07, 6.45) is 2.25. The third-order valence-electron chi connectivity index (χ3n) is 4.88. The van der Waals surface area contributed by atoms with E-state index >= 15 is 0 Å². The highest BCUT2D eigenvalue weighted by Gasteiger charge is 2.26. The van der Waals surface area contributed by atoms with Gasteiger partial charge in [-0.25, -0.2) is 17.6 Å². The summed E-state index contributed by atoms with van der Waals surface area (Å²) < 4.78 is 58.2. The van der Waals surface area contributed by atoms with Gasteiger partial charge in [0.15, 0.2) is 5.43 Å². The van der Waals surface area contributed by atoms with Gasteiger partial charge in [0.1, 0.15) is 23.6 Å². The molecule has 0 fully saturated rings. The van der Waals surface area contributed by atoms with Crippen molar-refractivity contribution in [2.24, 2.45) is 0 Å². The molecule has 2 heterocycles. The van der Waals surface area contributed by atoms with Crippen LogP contribution in [0.25, 0.3) is 22.3 Å². The van der Waals surface area contributed by atoms with Crippen molar-refractivity contribution in [3.8, 4) is 11.3 Å². The third kappa shape index (κ3) is 2.85. The molecule has 1 aliphatic carbocycles. The fourth-order valence-corrected chi connectivity index (χ4v) is 3.60. The lowest BCUT2D eigenvalue weighted by molar-refractivity contribution is 0.406. The van der Waals surface area contributed by atoms with Crippen LogP contribution in [0.3, 0.4) is 0 Å². The number of aromatic nitrogens is 1. The minimum atomic E-state index is -1.66. The molecular formula is C22H15F4NO. The molecule has 6 heteroatoms. The largest absolute Gasteiger partial charge is 0.315 e. The van der Waals surface area contributed by atoms with Crippen molar-refractivity contribution in [1.29, 1.82) is 0 Å². The van der Waals surface area contributed by atoms with E-state index in [1.165, 1.54) is 28.8 Å². The number of hydrogen-bond acceptors (Lipinski definition) is 1. The molecule has 0 radical (unpaired) electrons. The van der Waals surface area contributed by atoms with Crippen molar-refractivity contribution in [2.45, 2.75) is 19.5 Å². The van der Waals surface area contributed by atoms with Gasteiger partial charge in [0, 0.05) is 35.9 Å². The standard InChI is InChI=1S/C22H15F4NO/c1-12-5-8-18-21(20-15(24)3-2-4-16(20)25)19(28)9-10-27(18)22(12)14-7-6-13(23)11-17(14)26/h2-3,5-11,16H,4H2,1H3. The Balaban J connectivity index is 2.10. The predicted octanol–water partition coefficient (Wildman–Crippen LogP) is 5.53. The topological polar surface area (TPSA) is 21.5 Å². The summed E-state index contributed by atoms with van der Waals surface area (Å²) in [5.41, 5.74) is 0.466. The van der Waals surface area contributed by atoms with Crippen LogP contribution in [-0.4, -0.2) is 10.6 Å². The van der Waals surface area contributed by atoms with E-state index < -0.39 is 29.1 Å². The molecular weight excluding hydrogens is 370 g/mol. The van der Waals surface area contributed by atoms with Crippen molar-refractivity contribution in [2.75, 3.05) is 0 Å². The zero-order valence-electron chi connectivity index (χ0n) is 14.8. The van der Waals surface area contributed by atoms with Crippen molar-refractivity contribution < 1.29 is 17.6 Å². The first-order valence-electron chi connectivity index (χ1n) is 8.69. The minimum absolute atomic E-state index is 0.0332. The maximum absolute atomic E-state index is 14.5. The number of nitrogens with zero attached hydrogens (tertiary/aromatic N) is 1. The van der Waals surface area contributed by atoms with Crippen molar-refractivity contribution in [1.82, 2.24) is 4.40 Å². The lowest BCUT2D eigenvalue weighted by Crippen LogP contribution is -2.18. The Morgan fingerprint density at radius 2 is 1.86 bits per heavy atom. The van der Waals surface area contributed by atoms with Crippen LogP contribution in [0.4, 0.5) is 17.6 Å². The second-order valence-electron chi connectivity index (χ2n) is 6.67. The summed E-state index contributed by atoms with van der Waals surface area (Å²) >= 11 is 0. The zero-order chi connectivity index (χ0) is 20.0. The molecule has 0 saturated carbocycles. The van der Waals surface area contributed by atoms with E-state index in [4.69, 9.17) is 0 Å². The van der Waals surface area contributed by atoms with E-state index in [2.05, 4.69) is 0 Å². The third-order valence-corrected chi connectivity index (χ3v) is 4.88. The fourth-order valence-electron chi connectivity index (χ4n) is 3.60. The maximum atomic E-state index is 14.5. The molecule has 142 valence electrons. The second kappa shape index (κ2) is 6.78. The highest BCUT2D eigenvalue weighted by Crippen LogP contribution is 2.34. The maximum Gasteiger partial charge on any atom is 0.189 e. The molecule has 0 aliphatic heterocycles. The smallest absolute Gasteiger partial charge is 0.189 e. The number of allylic oxidation sites excluding steroid dienone is 4. The molecule has 0 saturated heterocycles. The SMILES string of the molecule is Cc1ccc2c(C3=C(F)C=CCC3F)c(=O)ccn2c1-c1ccc(F)cc1F. The number of hydrogen-bond donors (Lipinski definition) is 0. The summed E-state index contributed by atoms with van der Waals surface area (Å²) in [5, 5.41) is 0. The number of fused-ring (bicyclic) bond motifs is 1. The van der Waals surface area contributed by atoms with Crippen LogP contribution >= 0.6 is 0 Å². The van der Waals surface area contributed by atoms with Gasteiger partial charge in [-0.1, -0.05) is 12.1 Å². The van der Waals surface area contributed by atoms with E-state index in [1.54, 1.807) is 19.1 Å². The lowest BCUT2D eigenvalue weighted by atomic mass is 9.93. The summed E-state index contributed by atoms with van der Waals surface area (Å²) in [5.74, 6) is -2.29. The monoisotopic (exact) mass is 385 g/mol. The first-order valence-corrected chi connectivity index (χ1v) is 8.69. The van der Waals surface area contributed by atoms with Gasteiger partial charge >= 0.3 is 0 Å². The highest BCUT2D eigenvalue weighted by atomic mass is 19.1. The molecule has 2 nitrogen and oxygen atoms in total. The van der Waals surface area contributed by atoms with Crippen LogP contribution in [0.2, 0.25) is 0 Å². The van der Waals surface area contributed by atoms with Crippen molar-refractivity contribution in [3.05, 3.63) is 93.6 Å². The molecule has 28 heavy (non-hydrogen) atoms. The molecule has 3 aromatic rings.